The fourth-order valence-electron chi connectivity index (χ4n) is 10.7. The number of unbranched alkanes of at least 4 members (excludes halogenated alkanes) is 5. The van der Waals surface area contributed by atoms with Crippen molar-refractivity contribution in [3.05, 3.63) is 11.6 Å². The molecule has 248 valence electrons. The summed E-state index contributed by atoms with van der Waals surface area (Å²) in [6.07, 6.45) is 23.7. The Bertz CT molecular complexity index is 901. The van der Waals surface area contributed by atoms with E-state index in [9.17, 15) is 9.90 Å². The minimum Gasteiger partial charge on any atom is -0.393 e. The molecule has 0 heterocycles. The summed E-state index contributed by atoms with van der Waals surface area (Å²) in [7, 11) is 0. The second kappa shape index (κ2) is 16.1. The number of hydrogen-bond acceptors (Lipinski definition) is 3. The van der Waals surface area contributed by atoms with Gasteiger partial charge in [-0.3, -0.25) is 4.79 Å². The van der Waals surface area contributed by atoms with Gasteiger partial charge in [0.05, 0.1) is 6.10 Å². The number of amides is 1. The van der Waals surface area contributed by atoms with E-state index in [0.717, 1.165) is 68.2 Å². The highest BCUT2D eigenvalue weighted by Gasteiger charge is 2.59. The van der Waals surface area contributed by atoms with Crippen molar-refractivity contribution >= 4 is 5.91 Å². The molecule has 1 amide bonds. The summed E-state index contributed by atoms with van der Waals surface area (Å²) < 4.78 is 6.26. The van der Waals surface area contributed by atoms with Gasteiger partial charge in [0.1, 0.15) is 6.10 Å². The molecule has 0 saturated heterocycles. The first-order valence-corrected chi connectivity index (χ1v) is 18.9. The van der Waals surface area contributed by atoms with E-state index in [-0.39, 0.29) is 24.0 Å². The maximum absolute atomic E-state index is 13.2. The molecule has 3 fully saturated rings. The standard InChI is InChI=1S/C39H69NO3/c1-7-9-11-12-25-40-37(42)36(43-26-13-10-8-2)29(4)16-14-15-28(3)33-19-20-34-32-18-17-30-27-31(41)21-23-38(30,5)35(32)22-24-39(33,34)6/h17,28-29,31-36,41H,7-16,18-27H2,1-6H3,(H,40,42)/t28?,29?,31-,32-,33+,34-,35-,36?,38-,39+/m0/s1. The third-order valence-corrected chi connectivity index (χ3v) is 13.3. The smallest absolute Gasteiger partial charge is 0.249 e. The summed E-state index contributed by atoms with van der Waals surface area (Å²) in [6.45, 7) is 15.9. The van der Waals surface area contributed by atoms with Gasteiger partial charge in [0.2, 0.25) is 5.91 Å². The molecule has 0 spiro atoms. The number of nitrogens with one attached hydrogen (secondary N) is 1. The van der Waals surface area contributed by atoms with E-state index in [1.165, 1.54) is 83.5 Å². The Morgan fingerprint density at radius 2 is 1.72 bits per heavy atom. The highest BCUT2D eigenvalue weighted by atomic mass is 16.5. The van der Waals surface area contributed by atoms with Crippen molar-refractivity contribution < 1.29 is 14.6 Å². The van der Waals surface area contributed by atoms with E-state index in [1.54, 1.807) is 5.57 Å². The van der Waals surface area contributed by atoms with Crippen LogP contribution in [-0.2, 0) is 9.53 Å². The molecule has 0 aliphatic heterocycles. The van der Waals surface area contributed by atoms with E-state index < -0.39 is 0 Å². The van der Waals surface area contributed by atoms with Gasteiger partial charge in [-0.1, -0.05) is 98.1 Å². The van der Waals surface area contributed by atoms with Gasteiger partial charge < -0.3 is 15.2 Å². The number of fused-ring (bicyclic) bond motifs is 5. The van der Waals surface area contributed by atoms with Gasteiger partial charge in [0, 0.05) is 13.2 Å². The molecule has 3 saturated carbocycles. The minimum atomic E-state index is -0.312. The minimum absolute atomic E-state index is 0.113. The van der Waals surface area contributed by atoms with Crippen LogP contribution in [0.5, 0.6) is 0 Å². The van der Waals surface area contributed by atoms with E-state index >= 15 is 0 Å². The number of aliphatic hydroxyl groups excluding tert-OH is 1. The van der Waals surface area contributed by atoms with Crippen molar-refractivity contribution in [1.29, 1.82) is 0 Å². The fraction of sp³-hybridized carbons (Fsp3) is 0.923. The van der Waals surface area contributed by atoms with E-state index in [4.69, 9.17) is 4.74 Å². The highest BCUT2D eigenvalue weighted by Crippen LogP contribution is 2.67. The summed E-state index contributed by atoms with van der Waals surface area (Å²) in [5, 5.41) is 13.6. The number of allylic oxidation sites excluding steroid dienone is 1. The summed E-state index contributed by atoms with van der Waals surface area (Å²) in [5.74, 6) is 4.46. The molecule has 10 atom stereocenters. The third kappa shape index (κ3) is 8.11. The van der Waals surface area contributed by atoms with Crippen LogP contribution in [0.2, 0.25) is 0 Å². The molecule has 0 aromatic heterocycles. The van der Waals surface area contributed by atoms with Crippen LogP contribution >= 0.6 is 0 Å². The first-order valence-electron chi connectivity index (χ1n) is 18.9. The van der Waals surface area contributed by atoms with Crippen molar-refractivity contribution in [2.45, 2.75) is 169 Å². The van der Waals surface area contributed by atoms with Crippen LogP contribution in [-0.4, -0.2) is 36.4 Å². The SMILES string of the molecule is CCCCCCNC(=O)C(OCCCCC)C(C)CCCC(C)[C@H]1CC[C@H]2[C@@H]3CC=C4C[C@@H](O)CC[C@]4(C)[C@H]3CC[C@]12C. The molecule has 43 heavy (non-hydrogen) atoms. The predicted octanol–water partition coefficient (Wildman–Crippen LogP) is 9.64. The Labute approximate surface area is 266 Å². The number of carbonyl (C=O) groups is 1. The molecule has 4 aliphatic carbocycles. The van der Waals surface area contributed by atoms with Gasteiger partial charge in [-0.2, -0.15) is 0 Å². The Hall–Kier alpha value is -0.870. The number of ether oxygens (including phenoxy) is 1. The molecule has 0 aromatic carbocycles. The zero-order chi connectivity index (χ0) is 31.0. The van der Waals surface area contributed by atoms with Gasteiger partial charge in [0.15, 0.2) is 0 Å². The van der Waals surface area contributed by atoms with Gasteiger partial charge in [-0.05, 0) is 117 Å². The Morgan fingerprint density at radius 3 is 2.49 bits per heavy atom. The largest absolute Gasteiger partial charge is 0.393 e. The monoisotopic (exact) mass is 600 g/mol. The van der Waals surface area contributed by atoms with Crippen molar-refractivity contribution in [1.82, 2.24) is 5.32 Å². The molecule has 0 radical (unpaired) electrons. The van der Waals surface area contributed by atoms with Gasteiger partial charge in [-0.25, -0.2) is 0 Å². The zero-order valence-corrected chi connectivity index (χ0v) is 29.1. The summed E-state index contributed by atoms with van der Waals surface area (Å²) in [6, 6.07) is 0. The highest BCUT2D eigenvalue weighted by molar-refractivity contribution is 5.81. The van der Waals surface area contributed by atoms with Crippen LogP contribution in [0.15, 0.2) is 11.6 Å². The van der Waals surface area contributed by atoms with Gasteiger partial charge >= 0.3 is 0 Å². The average Bonchev–Trinajstić information content (AvgIpc) is 3.34. The Kier molecular flexibility index (Phi) is 13.1. The molecule has 3 unspecified atom stereocenters. The van der Waals surface area contributed by atoms with Crippen molar-refractivity contribution in [2.24, 2.45) is 46.3 Å². The second-order valence-electron chi connectivity index (χ2n) is 16.1. The predicted molar refractivity (Wildman–Crippen MR) is 180 cm³/mol. The maximum atomic E-state index is 13.2. The van der Waals surface area contributed by atoms with Gasteiger partial charge in [0.25, 0.3) is 0 Å². The van der Waals surface area contributed by atoms with Crippen LogP contribution in [0.1, 0.15) is 157 Å². The van der Waals surface area contributed by atoms with Crippen LogP contribution in [0.25, 0.3) is 0 Å². The normalized spacial score (nSPS) is 35.7. The van der Waals surface area contributed by atoms with Crippen LogP contribution < -0.4 is 5.32 Å². The number of rotatable bonds is 17. The van der Waals surface area contributed by atoms with E-state index in [1.807, 2.05) is 0 Å². The molecule has 4 nitrogen and oxygen atoms in total. The molecule has 4 heteroatoms. The molecule has 4 aliphatic rings. The summed E-state index contributed by atoms with van der Waals surface area (Å²) >= 11 is 0. The topological polar surface area (TPSA) is 58.6 Å². The average molecular weight is 600 g/mol. The van der Waals surface area contributed by atoms with Crippen molar-refractivity contribution in [3.63, 3.8) is 0 Å². The second-order valence-corrected chi connectivity index (χ2v) is 16.1. The lowest BCUT2D eigenvalue weighted by Gasteiger charge is -2.58. The molecular weight excluding hydrogens is 530 g/mol. The number of hydrogen-bond donors (Lipinski definition) is 2. The molecule has 2 N–H and O–H groups in total. The lowest BCUT2D eigenvalue weighted by atomic mass is 9.47. The lowest BCUT2D eigenvalue weighted by molar-refractivity contribution is -0.136. The van der Waals surface area contributed by atoms with E-state index in [2.05, 4.69) is 52.9 Å². The van der Waals surface area contributed by atoms with Crippen molar-refractivity contribution in [2.75, 3.05) is 13.2 Å². The Balaban J connectivity index is 1.29. The zero-order valence-electron chi connectivity index (χ0n) is 29.1. The van der Waals surface area contributed by atoms with Crippen molar-refractivity contribution in [3.8, 4) is 0 Å². The fourth-order valence-corrected chi connectivity index (χ4v) is 10.7. The van der Waals surface area contributed by atoms with Crippen LogP contribution in [0.3, 0.4) is 0 Å². The quantitative estimate of drug-likeness (QED) is 0.129. The maximum Gasteiger partial charge on any atom is 0.249 e. The summed E-state index contributed by atoms with van der Waals surface area (Å²) in [5.41, 5.74) is 2.40. The number of carbonyl (C=O) groups excluding carboxylic acids is 1. The molecule has 0 aromatic rings. The molecular formula is C39H69NO3. The lowest BCUT2D eigenvalue weighted by Crippen LogP contribution is -2.50. The number of aliphatic hydroxyl groups is 1. The molecule has 4 rings (SSSR count). The first kappa shape index (κ1) is 35.0. The van der Waals surface area contributed by atoms with Crippen LogP contribution in [0.4, 0.5) is 0 Å². The van der Waals surface area contributed by atoms with Crippen LogP contribution in [0, 0.1) is 46.3 Å². The molecule has 0 bridgehead atoms. The van der Waals surface area contributed by atoms with E-state index in [0.29, 0.717) is 17.4 Å². The Morgan fingerprint density at radius 1 is 0.953 bits per heavy atom. The van der Waals surface area contributed by atoms with Gasteiger partial charge in [-0.15, -0.1) is 0 Å². The first-order chi connectivity index (χ1) is 20.7. The third-order valence-electron chi connectivity index (χ3n) is 13.3. The summed E-state index contributed by atoms with van der Waals surface area (Å²) in [4.78, 5) is 13.2.